The van der Waals surface area contributed by atoms with Crippen molar-refractivity contribution < 1.29 is 4.74 Å². The topological polar surface area (TPSA) is 21.3 Å². The van der Waals surface area contributed by atoms with Crippen molar-refractivity contribution in [2.45, 2.75) is 18.9 Å². The van der Waals surface area contributed by atoms with Gasteiger partial charge < -0.3 is 10.1 Å². The van der Waals surface area contributed by atoms with E-state index in [1.165, 1.54) is 5.56 Å². The van der Waals surface area contributed by atoms with Gasteiger partial charge >= 0.3 is 0 Å². The number of rotatable bonds is 4. The Bertz CT molecular complexity index is 280. The summed E-state index contributed by atoms with van der Waals surface area (Å²) in [5.74, 6) is 0. The van der Waals surface area contributed by atoms with E-state index in [0.717, 1.165) is 26.1 Å². The molecule has 1 aromatic rings. The molecule has 0 radical (unpaired) electrons. The van der Waals surface area contributed by atoms with Crippen molar-refractivity contribution >= 4 is 0 Å². The molecule has 1 aliphatic heterocycles. The van der Waals surface area contributed by atoms with Crippen molar-refractivity contribution in [2.75, 3.05) is 19.7 Å². The molecule has 1 saturated heterocycles. The van der Waals surface area contributed by atoms with Crippen LogP contribution in [0.2, 0.25) is 0 Å². The maximum atomic E-state index is 5.81. The molecule has 1 fully saturated rings. The first kappa shape index (κ1) is 9.69. The first-order chi connectivity index (χ1) is 6.79. The van der Waals surface area contributed by atoms with E-state index in [2.05, 4.69) is 36.5 Å². The molecule has 0 atom stereocenters. The molecule has 0 unspecified atom stereocenters. The highest BCUT2D eigenvalue weighted by Crippen LogP contribution is 2.15. The van der Waals surface area contributed by atoms with E-state index >= 15 is 0 Å². The van der Waals surface area contributed by atoms with Gasteiger partial charge in [-0.2, -0.15) is 0 Å². The van der Waals surface area contributed by atoms with Gasteiger partial charge in [-0.1, -0.05) is 30.3 Å². The van der Waals surface area contributed by atoms with Crippen LogP contribution < -0.4 is 5.32 Å². The predicted octanol–water partition coefficient (Wildman–Crippen LogP) is 1.61. The molecule has 0 saturated carbocycles. The van der Waals surface area contributed by atoms with E-state index in [4.69, 9.17) is 4.74 Å². The van der Waals surface area contributed by atoms with Gasteiger partial charge in [0.25, 0.3) is 0 Å². The second-order valence-corrected chi connectivity index (χ2v) is 4.14. The fraction of sp³-hybridized carbons (Fsp3) is 0.500. The van der Waals surface area contributed by atoms with Crippen LogP contribution >= 0.6 is 0 Å². The number of hydrogen-bond donors (Lipinski definition) is 1. The third-order valence-electron chi connectivity index (χ3n) is 2.68. The maximum absolute atomic E-state index is 5.81. The second kappa shape index (κ2) is 4.11. The molecule has 0 aliphatic carbocycles. The summed E-state index contributed by atoms with van der Waals surface area (Å²) in [6, 6.07) is 10.5. The summed E-state index contributed by atoms with van der Waals surface area (Å²) >= 11 is 0. The van der Waals surface area contributed by atoms with Crippen LogP contribution in [0.4, 0.5) is 0 Å². The quantitative estimate of drug-likeness (QED) is 0.780. The van der Waals surface area contributed by atoms with Crippen molar-refractivity contribution in [1.29, 1.82) is 0 Å². The van der Waals surface area contributed by atoms with Crippen LogP contribution in [-0.2, 0) is 11.2 Å². The van der Waals surface area contributed by atoms with Gasteiger partial charge in [0.1, 0.15) is 0 Å². The third kappa shape index (κ3) is 2.34. The summed E-state index contributed by atoms with van der Waals surface area (Å²) in [5.41, 5.74) is 1.44. The number of hydrogen-bond acceptors (Lipinski definition) is 2. The molecule has 0 amide bonds. The summed E-state index contributed by atoms with van der Waals surface area (Å²) in [4.78, 5) is 0. The zero-order valence-electron chi connectivity index (χ0n) is 8.62. The van der Waals surface area contributed by atoms with Gasteiger partial charge in [-0.25, -0.2) is 0 Å². The average Bonchev–Trinajstić information content (AvgIpc) is 2.17. The van der Waals surface area contributed by atoms with Crippen LogP contribution in [0.1, 0.15) is 12.5 Å². The summed E-state index contributed by atoms with van der Waals surface area (Å²) in [6.45, 7) is 4.96. The highest BCUT2D eigenvalue weighted by atomic mass is 16.5. The van der Waals surface area contributed by atoms with Gasteiger partial charge in [-0.05, 0) is 18.9 Å². The third-order valence-corrected chi connectivity index (χ3v) is 2.68. The van der Waals surface area contributed by atoms with Crippen LogP contribution in [-0.4, -0.2) is 25.3 Å². The first-order valence-corrected chi connectivity index (χ1v) is 5.17. The summed E-state index contributed by atoms with van der Waals surface area (Å²) in [5, 5.41) is 3.23. The van der Waals surface area contributed by atoms with Gasteiger partial charge in [0.15, 0.2) is 0 Å². The van der Waals surface area contributed by atoms with Crippen molar-refractivity contribution in [1.82, 2.24) is 5.32 Å². The van der Waals surface area contributed by atoms with E-state index in [1.54, 1.807) is 0 Å². The lowest BCUT2D eigenvalue weighted by Gasteiger charge is -2.39. The van der Waals surface area contributed by atoms with Gasteiger partial charge in [-0.15, -0.1) is 0 Å². The molecule has 1 N–H and O–H groups in total. The zero-order chi connectivity index (χ0) is 9.86. The SMILES string of the molecule is CC1(OCCc2ccccc2)CNC1. The summed E-state index contributed by atoms with van der Waals surface area (Å²) in [7, 11) is 0. The zero-order valence-corrected chi connectivity index (χ0v) is 8.62. The lowest BCUT2D eigenvalue weighted by molar-refractivity contribution is -0.0652. The first-order valence-electron chi connectivity index (χ1n) is 5.17. The smallest absolute Gasteiger partial charge is 0.0901 e. The van der Waals surface area contributed by atoms with Crippen molar-refractivity contribution in [2.24, 2.45) is 0 Å². The van der Waals surface area contributed by atoms with E-state index in [-0.39, 0.29) is 5.60 Å². The molecule has 2 rings (SSSR count). The minimum absolute atomic E-state index is 0.0920. The highest BCUT2D eigenvalue weighted by molar-refractivity contribution is 5.14. The molecule has 76 valence electrons. The lowest BCUT2D eigenvalue weighted by atomic mass is 10.00. The molecule has 2 nitrogen and oxygen atoms in total. The molecule has 0 spiro atoms. The Balaban J connectivity index is 1.73. The number of ether oxygens (including phenoxy) is 1. The lowest BCUT2D eigenvalue weighted by Crippen LogP contribution is -2.59. The molecule has 14 heavy (non-hydrogen) atoms. The largest absolute Gasteiger partial charge is 0.372 e. The molecule has 0 bridgehead atoms. The average molecular weight is 191 g/mol. The fourth-order valence-corrected chi connectivity index (χ4v) is 1.64. The highest BCUT2D eigenvalue weighted by Gasteiger charge is 2.31. The molecule has 1 aromatic carbocycles. The minimum Gasteiger partial charge on any atom is -0.372 e. The Hall–Kier alpha value is -0.860. The van der Waals surface area contributed by atoms with Gasteiger partial charge in [0.2, 0.25) is 0 Å². The van der Waals surface area contributed by atoms with Gasteiger partial charge in [-0.3, -0.25) is 0 Å². The Kier molecular flexibility index (Phi) is 2.85. The predicted molar refractivity (Wildman–Crippen MR) is 57.4 cm³/mol. The van der Waals surface area contributed by atoms with Gasteiger partial charge in [0.05, 0.1) is 12.2 Å². The van der Waals surface area contributed by atoms with Crippen LogP contribution in [0.15, 0.2) is 30.3 Å². The Labute approximate surface area is 85.3 Å². The van der Waals surface area contributed by atoms with E-state index < -0.39 is 0 Å². The monoisotopic (exact) mass is 191 g/mol. The number of benzene rings is 1. The Morgan fingerprint density at radius 1 is 1.29 bits per heavy atom. The molecule has 1 heterocycles. The Morgan fingerprint density at radius 3 is 2.57 bits per heavy atom. The summed E-state index contributed by atoms with van der Waals surface area (Å²) in [6.07, 6.45) is 1.01. The summed E-state index contributed by atoms with van der Waals surface area (Å²) < 4.78 is 5.81. The van der Waals surface area contributed by atoms with Crippen molar-refractivity contribution in [3.63, 3.8) is 0 Å². The van der Waals surface area contributed by atoms with Crippen LogP contribution in [0, 0.1) is 0 Å². The second-order valence-electron chi connectivity index (χ2n) is 4.14. The minimum atomic E-state index is 0.0920. The van der Waals surface area contributed by atoms with E-state index in [1.807, 2.05) is 6.07 Å². The van der Waals surface area contributed by atoms with E-state index in [9.17, 15) is 0 Å². The normalized spacial score (nSPS) is 18.9. The maximum Gasteiger partial charge on any atom is 0.0901 e. The van der Waals surface area contributed by atoms with E-state index in [0.29, 0.717) is 0 Å². The molecule has 1 aliphatic rings. The van der Waals surface area contributed by atoms with Crippen molar-refractivity contribution in [3.05, 3.63) is 35.9 Å². The van der Waals surface area contributed by atoms with Gasteiger partial charge in [0, 0.05) is 13.1 Å². The fourth-order valence-electron chi connectivity index (χ4n) is 1.64. The molecular formula is C12H17NO. The standard InChI is InChI=1S/C12H17NO/c1-12(9-13-10-12)14-8-7-11-5-3-2-4-6-11/h2-6,13H,7-10H2,1H3. The van der Waals surface area contributed by atoms with Crippen molar-refractivity contribution in [3.8, 4) is 0 Å². The molecule has 0 aromatic heterocycles. The molecular weight excluding hydrogens is 174 g/mol. The van der Waals surface area contributed by atoms with Crippen LogP contribution in [0.5, 0.6) is 0 Å². The Morgan fingerprint density at radius 2 is 2.00 bits per heavy atom. The van der Waals surface area contributed by atoms with Crippen LogP contribution in [0.3, 0.4) is 0 Å². The van der Waals surface area contributed by atoms with Crippen LogP contribution in [0.25, 0.3) is 0 Å². The number of nitrogens with one attached hydrogen (secondary N) is 1. The molecule has 2 heteroatoms.